The molecular formula is C15H23N3O3. The summed E-state index contributed by atoms with van der Waals surface area (Å²) in [5, 5.41) is 4.02. The Balaban J connectivity index is 1.55. The van der Waals surface area contributed by atoms with E-state index in [-0.39, 0.29) is 5.91 Å². The Kier molecular flexibility index (Phi) is 4.53. The van der Waals surface area contributed by atoms with Gasteiger partial charge >= 0.3 is 0 Å². The average molecular weight is 293 g/mol. The monoisotopic (exact) mass is 293 g/mol. The molecule has 0 radical (unpaired) electrons. The van der Waals surface area contributed by atoms with Crippen LogP contribution in [0.5, 0.6) is 0 Å². The first kappa shape index (κ1) is 14.5. The summed E-state index contributed by atoms with van der Waals surface area (Å²) in [7, 11) is 0. The van der Waals surface area contributed by atoms with Gasteiger partial charge in [-0.2, -0.15) is 4.98 Å². The van der Waals surface area contributed by atoms with Crippen molar-refractivity contribution >= 4 is 5.91 Å². The molecule has 1 aromatic rings. The molecule has 2 fully saturated rings. The maximum atomic E-state index is 12.3. The SMILES string of the molecule is CCN(Cc1noc(C2CCC2)n1)C(=O)C[C@H]1CCOC1. The van der Waals surface area contributed by atoms with Crippen LogP contribution in [-0.2, 0) is 16.1 Å². The highest BCUT2D eigenvalue weighted by Gasteiger charge is 2.27. The van der Waals surface area contributed by atoms with E-state index in [1.807, 2.05) is 6.92 Å². The molecule has 2 aliphatic rings. The van der Waals surface area contributed by atoms with Gasteiger partial charge < -0.3 is 14.2 Å². The molecule has 2 heterocycles. The highest BCUT2D eigenvalue weighted by Crippen LogP contribution is 2.35. The van der Waals surface area contributed by atoms with Gasteiger partial charge in [-0.25, -0.2) is 0 Å². The first-order valence-electron chi connectivity index (χ1n) is 7.94. The average Bonchev–Trinajstić information content (AvgIpc) is 3.06. The standard InChI is InChI=1S/C15H23N3O3/c1-2-18(14(19)8-11-6-7-20-10-11)9-13-16-15(21-17-13)12-4-3-5-12/h11-12H,2-10H2,1H3/t11-/m1/s1. The van der Waals surface area contributed by atoms with Crippen LogP contribution in [0.25, 0.3) is 0 Å². The number of amides is 1. The molecular weight excluding hydrogens is 270 g/mol. The number of hydrogen-bond acceptors (Lipinski definition) is 5. The van der Waals surface area contributed by atoms with Crippen LogP contribution in [0.4, 0.5) is 0 Å². The highest BCUT2D eigenvalue weighted by atomic mass is 16.5. The maximum Gasteiger partial charge on any atom is 0.229 e. The summed E-state index contributed by atoms with van der Waals surface area (Å²) in [5.74, 6) is 2.32. The largest absolute Gasteiger partial charge is 0.381 e. The summed E-state index contributed by atoms with van der Waals surface area (Å²) in [5.41, 5.74) is 0. The zero-order valence-electron chi connectivity index (χ0n) is 12.6. The normalized spacial score (nSPS) is 22.2. The second-order valence-corrected chi connectivity index (χ2v) is 6.02. The lowest BCUT2D eigenvalue weighted by molar-refractivity contribution is -0.132. The van der Waals surface area contributed by atoms with Crippen molar-refractivity contribution in [1.82, 2.24) is 15.0 Å². The lowest BCUT2D eigenvalue weighted by atomic mass is 9.85. The molecule has 1 atom stereocenters. The Morgan fingerprint density at radius 2 is 2.24 bits per heavy atom. The van der Waals surface area contributed by atoms with Crippen molar-refractivity contribution in [3.05, 3.63) is 11.7 Å². The van der Waals surface area contributed by atoms with E-state index in [1.54, 1.807) is 4.90 Å². The Bertz CT molecular complexity index is 478. The van der Waals surface area contributed by atoms with Crippen molar-refractivity contribution in [3.63, 3.8) is 0 Å². The predicted octanol–water partition coefficient (Wildman–Crippen LogP) is 2.11. The first-order chi connectivity index (χ1) is 10.3. The molecule has 1 amide bonds. The van der Waals surface area contributed by atoms with Crippen LogP contribution in [0.15, 0.2) is 4.52 Å². The van der Waals surface area contributed by atoms with Gasteiger partial charge in [-0.05, 0) is 32.1 Å². The summed E-state index contributed by atoms with van der Waals surface area (Å²) in [6.07, 6.45) is 5.06. The molecule has 6 heteroatoms. The molecule has 1 saturated carbocycles. The highest BCUT2D eigenvalue weighted by molar-refractivity contribution is 5.76. The van der Waals surface area contributed by atoms with Crippen LogP contribution in [-0.4, -0.2) is 40.7 Å². The van der Waals surface area contributed by atoms with Gasteiger partial charge in [0.15, 0.2) is 5.82 Å². The second-order valence-electron chi connectivity index (χ2n) is 6.02. The summed E-state index contributed by atoms with van der Waals surface area (Å²) in [6, 6.07) is 0. The number of hydrogen-bond donors (Lipinski definition) is 0. The van der Waals surface area contributed by atoms with Crippen LogP contribution in [0.1, 0.15) is 56.7 Å². The van der Waals surface area contributed by atoms with Crippen molar-refractivity contribution in [2.24, 2.45) is 5.92 Å². The fraction of sp³-hybridized carbons (Fsp3) is 0.800. The fourth-order valence-corrected chi connectivity index (χ4v) is 2.82. The third kappa shape index (κ3) is 3.43. The molecule has 1 saturated heterocycles. The Morgan fingerprint density at radius 3 is 2.86 bits per heavy atom. The van der Waals surface area contributed by atoms with Gasteiger partial charge in [0, 0.05) is 32.1 Å². The van der Waals surface area contributed by atoms with E-state index in [2.05, 4.69) is 10.1 Å². The molecule has 0 N–H and O–H groups in total. The number of ether oxygens (including phenoxy) is 1. The van der Waals surface area contributed by atoms with E-state index in [0.717, 1.165) is 31.8 Å². The van der Waals surface area contributed by atoms with Crippen LogP contribution < -0.4 is 0 Å². The van der Waals surface area contributed by atoms with E-state index < -0.39 is 0 Å². The number of rotatable bonds is 6. The third-order valence-corrected chi connectivity index (χ3v) is 4.49. The molecule has 0 unspecified atom stereocenters. The lowest BCUT2D eigenvalue weighted by Gasteiger charge is -2.21. The zero-order valence-corrected chi connectivity index (χ0v) is 12.6. The topological polar surface area (TPSA) is 68.5 Å². The summed E-state index contributed by atoms with van der Waals surface area (Å²) in [4.78, 5) is 18.6. The summed E-state index contributed by atoms with van der Waals surface area (Å²) < 4.78 is 10.6. The van der Waals surface area contributed by atoms with Crippen molar-refractivity contribution in [2.75, 3.05) is 19.8 Å². The van der Waals surface area contributed by atoms with Gasteiger partial charge in [-0.15, -0.1) is 0 Å². The first-order valence-corrected chi connectivity index (χ1v) is 7.94. The van der Waals surface area contributed by atoms with E-state index in [1.165, 1.54) is 6.42 Å². The minimum atomic E-state index is 0.156. The molecule has 0 bridgehead atoms. The molecule has 21 heavy (non-hydrogen) atoms. The van der Waals surface area contributed by atoms with Gasteiger partial charge in [0.05, 0.1) is 6.54 Å². The Labute approximate surface area is 124 Å². The predicted molar refractivity (Wildman–Crippen MR) is 75.5 cm³/mol. The fourth-order valence-electron chi connectivity index (χ4n) is 2.82. The van der Waals surface area contributed by atoms with Gasteiger partial charge in [0.2, 0.25) is 11.8 Å². The quantitative estimate of drug-likeness (QED) is 0.803. The van der Waals surface area contributed by atoms with Crippen molar-refractivity contribution in [2.45, 2.75) is 51.5 Å². The third-order valence-electron chi connectivity index (χ3n) is 4.49. The van der Waals surface area contributed by atoms with Gasteiger partial charge in [-0.3, -0.25) is 4.79 Å². The summed E-state index contributed by atoms with van der Waals surface area (Å²) >= 11 is 0. The van der Waals surface area contributed by atoms with Gasteiger partial charge in [0.1, 0.15) is 0 Å². The number of nitrogens with zero attached hydrogens (tertiary/aromatic N) is 3. The minimum absolute atomic E-state index is 0.156. The maximum absolute atomic E-state index is 12.3. The van der Waals surface area contributed by atoms with Crippen LogP contribution in [0.3, 0.4) is 0 Å². The van der Waals surface area contributed by atoms with Crippen molar-refractivity contribution in [3.8, 4) is 0 Å². The van der Waals surface area contributed by atoms with Gasteiger partial charge in [-0.1, -0.05) is 11.6 Å². The van der Waals surface area contributed by atoms with E-state index >= 15 is 0 Å². The van der Waals surface area contributed by atoms with Crippen LogP contribution >= 0.6 is 0 Å². The molecule has 1 aliphatic heterocycles. The van der Waals surface area contributed by atoms with E-state index in [4.69, 9.17) is 9.26 Å². The minimum Gasteiger partial charge on any atom is -0.381 e. The van der Waals surface area contributed by atoms with Crippen molar-refractivity contribution < 1.29 is 14.1 Å². The van der Waals surface area contributed by atoms with E-state index in [9.17, 15) is 4.79 Å². The lowest BCUT2D eigenvalue weighted by Crippen LogP contribution is -2.32. The number of carbonyl (C=O) groups excluding carboxylic acids is 1. The smallest absolute Gasteiger partial charge is 0.229 e. The Hall–Kier alpha value is -1.43. The zero-order chi connectivity index (χ0) is 14.7. The van der Waals surface area contributed by atoms with E-state index in [0.29, 0.717) is 43.8 Å². The molecule has 0 aromatic carbocycles. The second kappa shape index (κ2) is 6.56. The number of aromatic nitrogens is 2. The molecule has 116 valence electrons. The summed E-state index contributed by atoms with van der Waals surface area (Å²) in [6.45, 7) is 4.58. The molecule has 1 aliphatic carbocycles. The van der Waals surface area contributed by atoms with Crippen LogP contribution in [0.2, 0.25) is 0 Å². The Morgan fingerprint density at radius 1 is 1.38 bits per heavy atom. The van der Waals surface area contributed by atoms with Crippen LogP contribution in [0, 0.1) is 5.92 Å². The molecule has 6 nitrogen and oxygen atoms in total. The molecule has 0 spiro atoms. The van der Waals surface area contributed by atoms with Crippen molar-refractivity contribution in [1.29, 1.82) is 0 Å². The van der Waals surface area contributed by atoms with Gasteiger partial charge in [0.25, 0.3) is 0 Å². The molecule has 1 aromatic heterocycles. The molecule has 3 rings (SSSR count). The number of carbonyl (C=O) groups is 1.